The Hall–Kier alpha value is -2.97. The number of hydrogen-bond acceptors (Lipinski definition) is 4. The van der Waals surface area contributed by atoms with E-state index >= 15 is 0 Å². The summed E-state index contributed by atoms with van der Waals surface area (Å²) >= 11 is 0. The fraction of sp³-hybridized carbons (Fsp3) is 0.188. The van der Waals surface area contributed by atoms with Crippen molar-refractivity contribution in [3.05, 3.63) is 47.5 Å². The summed E-state index contributed by atoms with van der Waals surface area (Å²) in [5.41, 5.74) is 0.323. The van der Waals surface area contributed by atoms with Crippen molar-refractivity contribution >= 4 is 11.6 Å². The first-order valence-electron chi connectivity index (χ1n) is 7.11. The molecule has 1 aliphatic heterocycles. The molecule has 25 heavy (non-hydrogen) atoms. The van der Waals surface area contributed by atoms with Crippen LogP contribution in [0.3, 0.4) is 0 Å². The predicted octanol–water partition coefficient (Wildman–Crippen LogP) is 3.03. The van der Waals surface area contributed by atoms with Crippen LogP contribution in [-0.4, -0.2) is 25.7 Å². The Bertz CT molecular complexity index is 802. The van der Waals surface area contributed by atoms with E-state index in [9.17, 15) is 22.4 Å². The lowest BCUT2D eigenvalue weighted by atomic mass is 10.2. The highest BCUT2D eigenvalue weighted by atomic mass is 19.2. The molecular formula is C16H11F4NO4. The van der Waals surface area contributed by atoms with Crippen LogP contribution in [0, 0.1) is 23.3 Å². The lowest BCUT2D eigenvalue weighted by Gasteiger charge is -2.19. The van der Waals surface area contributed by atoms with Crippen molar-refractivity contribution in [3.63, 3.8) is 0 Å². The largest absolute Gasteiger partial charge is 0.486 e. The maximum absolute atomic E-state index is 13.4. The average molecular weight is 357 g/mol. The van der Waals surface area contributed by atoms with Gasteiger partial charge < -0.3 is 19.5 Å². The van der Waals surface area contributed by atoms with Crippen molar-refractivity contribution in [2.45, 2.75) is 0 Å². The fourth-order valence-electron chi connectivity index (χ4n) is 2.13. The Labute approximate surface area is 139 Å². The molecule has 5 nitrogen and oxygen atoms in total. The number of fused-ring (bicyclic) bond motifs is 1. The number of benzene rings is 2. The van der Waals surface area contributed by atoms with Gasteiger partial charge in [0.1, 0.15) is 13.2 Å². The van der Waals surface area contributed by atoms with Crippen LogP contribution >= 0.6 is 0 Å². The first-order chi connectivity index (χ1) is 12.0. The first-order valence-corrected chi connectivity index (χ1v) is 7.11. The molecular weight excluding hydrogens is 346 g/mol. The molecule has 0 radical (unpaired) electrons. The lowest BCUT2D eigenvalue weighted by Crippen LogP contribution is -2.21. The molecule has 0 saturated heterocycles. The summed E-state index contributed by atoms with van der Waals surface area (Å²) in [7, 11) is 0. The molecule has 1 amide bonds. The highest BCUT2D eigenvalue weighted by molar-refractivity contribution is 5.92. The van der Waals surface area contributed by atoms with Crippen LogP contribution in [0.5, 0.6) is 17.2 Å². The highest BCUT2D eigenvalue weighted by Crippen LogP contribution is 2.32. The Kier molecular flexibility index (Phi) is 4.64. The zero-order chi connectivity index (χ0) is 18.0. The van der Waals surface area contributed by atoms with Gasteiger partial charge in [-0.1, -0.05) is 0 Å². The van der Waals surface area contributed by atoms with E-state index < -0.39 is 41.5 Å². The fourth-order valence-corrected chi connectivity index (χ4v) is 2.13. The standard InChI is InChI=1S/C16H11F4NO4/c17-9-6-10(18)15(20)16(14(9)19)25-7-13(22)21-8-1-2-11-12(5-8)24-4-3-23-11/h1-2,5-6H,3-4,7H2,(H,21,22). The number of rotatable bonds is 4. The minimum atomic E-state index is -1.72. The molecule has 0 aromatic heterocycles. The molecule has 3 rings (SSSR count). The third-order valence-corrected chi connectivity index (χ3v) is 3.25. The SMILES string of the molecule is O=C(COc1c(F)c(F)cc(F)c1F)Nc1ccc2c(c1)OCCO2. The van der Waals surface area contributed by atoms with Gasteiger partial charge in [0.25, 0.3) is 5.91 Å². The summed E-state index contributed by atoms with van der Waals surface area (Å²) in [6, 6.07) is 4.64. The molecule has 0 fully saturated rings. The third-order valence-electron chi connectivity index (χ3n) is 3.25. The minimum absolute atomic E-state index is 0.0484. The zero-order valence-electron chi connectivity index (χ0n) is 12.6. The number of ether oxygens (including phenoxy) is 3. The van der Waals surface area contributed by atoms with Crippen molar-refractivity contribution in [1.82, 2.24) is 0 Å². The summed E-state index contributed by atoms with van der Waals surface area (Å²) in [5.74, 6) is -7.83. The second-order valence-corrected chi connectivity index (χ2v) is 4.99. The molecule has 9 heteroatoms. The molecule has 2 aromatic rings. The molecule has 1 aliphatic rings. The van der Waals surface area contributed by atoms with E-state index in [0.717, 1.165) is 0 Å². The van der Waals surface area contributed by atoms with Gasteiger partial charge in [0, 0.05) is 17.8 Å². The normalized spacial score (nSPS) is 12.6. The number of nitrogens with one attached hydrogen (secondary N) is 1. The van der Waals surface area contributed by atoms with Crippen molar-refractivity contribution in [1.29, 1.82) is 0 Å². The summed E-state index contributed by atoms with van der Waals surface area (Å²) < 4.78 is 68.2. The van der Waals surface area contributed by atoms with E-state index in [0.29, 0.717) is 30.4 Å². The summed E-state index contributed by atoms with van der Waals surface area (Å²) in [6.45, 7) is -0.0871. The van der Waals surface area contributed by atoms with Crippen LogP contribution in [0.2, 0.25) is 0 Å². The van der Waals surface area contributed by atoms with E-state index in [1.807, 2.05) is 0 Å². The Morgan fingerprint density at radius 1 is 1.00 bits per heavy atom. The van der Waals surface area contributed by atoms with Crippen molar-refractivity contribution < 1.29 is 36.6 Å². The molecule has 0 aliphatic carbocycles. The second-order valence-electron chi connectivity index (χ2n) is 4.99. The molecule has 0 atom stereocenters. The van der Waals surface area contributed by atoms with Gasteiger partial charge in [-0.15, -0.1) is 0 Å². The third kappa shape index (κ3) is 3.59. The van der Waals surface area contributed by atoms with Crippen LogP contribution in [0.15, 0.2) is 24.3 Å². The molecule has 132 valence electrons. The quantitative estimate of drug-likeness (QED) is 0.675. The predicted molar refractivity (Wildman–Crippen MR) is 77.8 cm³/mol. The lowest BCUT2D eigenvalue weighted by molar-refractivity contribution is -0.118. The van der Waals surface area contributed by atoms with E-state index in [-0.39, 0.29) is 6.07 Å². The van der Waals surface area contributed by atoms with Crippen LogP contribution in [0.4, 0.5) is 23.2 Å². The first kappa shape index (κ1) is 16.9. The monoisotopic (exact) mass is 357 g/mol. The molecule has 0 bridgehead atoms. The molecule has 1 heterocycles. The van der Waals surface area contributed by atoms with Gasteiger partial charge in [0.05, 0.1) is 0 Å². The number of halogens is 4. The Balaban J connectivity index is 1.66. The smallest absolute Gasteiger partial charge is 0.262 e. The molecule has 1 N–H and O–H groups in total. The number of hydrogen-bond donors (Lipinski definition) is 1. The van der Waals surface area contributed by atoms with Crippen molar-refractivity contribution in [3.8, 4) is 17.2 Å². The van der Waals surface area contributed by atoms with Gasteiger partial charge in [-0.05, 0) is 12.1 Å². The van der Waals surface area contributed by atoms with Gasteiger partial charge in [-0.2, -0.15) is 8.78 Å². The second kappa shape index (κ2) is 6.88. The molecule has 0 saturated carbocycles. The summed E-state index contributed by atoms with van der Waals surface area (Å²) in [5, 5.41) is 2.40. The van der Waals surface area contributed by atoms with Crippen molar-refractivity contribution in [2.75, 3.05) is 25.1 Å². The minimum Gasteiger partial charge on any atom is -0.486 e. The molecule has 2 aromatic carbocycles. The van der Waals surface area contributed by atoms with Crippen LogP contribution < -0.4 is 19.5 Å². The van der Waals surface area contributed by atoms with Gasteiger partial charge in [0.2, 0.25) is 11.6 Å². The van der Waals surface area contributed by atoms with Gasteiger partial charge in [-0.25, -0.2) is 8.78 Å². The zero-order valence-corrected chi connectivity index (χ0v) is 12.6. The van der Waals surface area contributed by atoms with E-state index in [1.54, 1.807) is 6.07 Å². The number of carbonyl (C=O) groups is 1. The topological polar surface area (TPSA) is 56.8 Å². The number of amides is 1. The van der Waals surface area contributed by atoms with Crippen LogP contribution in [0.1, 0.15) is 0 Å². The maximum atomic E-state index is 13.4. The van der Waals surface area contributed by atoms with E-state index in [1.165, 1.54) is 12.1 Å². The number of anilines is 1. The summed E-state index contributed by atoms with van der Waals surface area (Å²) in [4.78, 5) is 11.8. The van der Waals surface area contributed by atoms with Gasteiger partial charge in [0.15, 0.2) is 35.5 Å². The molecule has 0 unspecified atom stereocenters. The Morgan fingerprint density at radius 3 is 2.32 bits per heavy atom. The van der Waals surface area contributed by atoms with Crippen molar-refractivity contribution in [2.24, 2.45) is 0 Å². The maximum Gasteiger partial charge on any atom is 0.262 e. The van der Waals surface area contributed by atoms with Gasteiger partial charge >= 0.3 is 0 Å². The van der Waals surface area contributed by atoms with Crippen LogP contribution in [0.25, 0.3) is 0 Å². The molecule has 0 spiro atoms. The van der Waals surface area contributed by atoms with Crippen LogP contribution in [-0.2, 0) is 4.79 Å². The van der Waals surface area contributed by atoms with E-state index in [4.69, 9.17) is 9.47 Å². The Morgan fingerprint density at radius 2 is 1.64 bits per heavy atom. The summed E-state index contributed by atoms with van der Waals surface area (Å²) in [6.07, 6.45) is 0. The highest BCUT2D eigenvalue weighted by Gasteiger charge is 2.21. The van der Waals surface area contributed by atoms with Gasteiger partial charge in [-0.3, -0.25) is 4.79 Å². The van der Waals surface area contributed by atoms with E-state index in [2.05, 4.69) is 10.1 Å². The average Bonchev–Trinajstić information content (AvgIpc) is 2.60. The number of carbonyl (C=O) groups excluding carboxylic acids is 1.